The summed E-state index contributed by atoms with van der Waals surface area (Å²) in [5.74, 6) is 1.16. The van der Waals surface area contributed by atoms with Gasteiger partial charge in [0.25, 0.3) is 0 Å². The van der Waals surface area contributed by atoms with E-state index >= 15 is 0 Å². The summed E-state index contributed by atoms with van der Waals surface area (Å²) in [4.78, 5) is 4.28. The van der Waals surface area contributed by atoms with Crippen LogP contribution in [0.1, 0.15) is 22.7 Å². The summed E-state index contributed by atoms with van der Waals surface area (Å²) in [5.41, 5.74) is 1.49. The number of halogens is 3. The van der Waals surface area contributed by atoms with Crippen LogP contribution in [-0.4, -0.2) is 20.4 Å². The quantitative estimate of drug-likeness (QED) is 0.488. The van der Waals surface area contributed by atoms with Crippen LogP contribution in [0.15, 0.2) is 52.9 Å². The molecular formula is C21H14F3N5O2. The Labute approximate surface area is 174 Å². The average Bonchev–Trinajstić information content (AvgIpc) is 3.38. The van der Waals surface area contributed by atoms with Gasteiger partial charge in [-0.1, -0.05) is 12.1 Å². The normalized spacial score (nSPS) is 11.3. The average molecular weight is 425 g/mol. The van der Waals surface area contributed by atoms with Crippen molar-refractivity contribution < 1.29 is 22.3 Å². The van der Waals surface area contributed by atoms with Crippen LogP contribution in [0.5, 0.6) is 5.75 Å². The van der Waals surface area contributed by atoms with Crippen molar-refractivity contribution in [1.29, 1.82) is 5.26 Å². The Morgan fingerprint density at radius 1 is 1.10 bits per heavy atom. The number of ether oxygens (including phenoxy) is 1. The van der Waals surface area contributed by atoms with Gasteiger partial charge in [-0.05, 0) is 43.3 Å². The fourth-order valence-corrected chi connectivity index (χ4v) is 2.88. The fraction of sp³-hybridized carbons (Fsp3) is 0.143. The zero-order valence-electron chi connectivity index (χ0n) is 16.1. The predicted molar refractivity (Wildman–Crippen MR) is 103 cm³/mol. The summed E-state index contributed by atoms with van der Waals surface area (Å²) in [6.45, 7) is 1.79. The largest absolute Gasteiger partial charge is 0.486 e. The molecule has 7 nitrogen and oxygen atoms in total. The maximum absolute atomic E-state index is 12.7. The van der Waals surface area contributed by atoms with Gasteiger partial charge >= 0.3 is 6.18 Å². The Kier molecular flexibility index (Phi) is 5.17. The summed E-state index contributed by atoms with van der Waals surface area (Å²) in [5, 5.41) is 19.3. The molecule has 0 aliphatic heterocycles. The van der Waals surface area contributed by atoms with Gasteiger partial charge in [0.05, 0.1) is 11.3 Å². The summed E-state index contributed by atoms with van der Waals surface area (Å²) in [6, 6.07) is 13.5. The van der Waals surface area contributed by atoms with Gasteiger partial charge in [0.2, 0.25) is 5.89 Å². The van der Waals surface area contributed by atoms with Crippen LogP contribution in [-0.2, 0) is 12.8 Å². The number of aryl methyl sites for hydroxylation is 1. The summed E-state index contributed by atoms with van der Waals surface area (Å²) in [6.07, 6.45) is -4.40. The molecule has 0 aliphatic carbocycles. The van der Waals surface area contributed by atoms with Crippen LogP contribution in [0.2, 0.25) is 0 Å². The molecular weight excluding hydrogens is 411 g/mol. The van der Waals surface area contributed by atoms with Crippen LogP contribution in [0.4, 0.5) is 13.2 Å². The van der Waals surface area contributed by atoms with Gasteiger partial charge in [-0.2, -0.15) is 28.7 Å². The van der Waals surface area contributed by atoms with E-state index in [-0.39, 0.29) is 18.2 Å². The number of alkyl halides is 3. The Balaban J connectivity index is 1.50. The molecule has 0 spiro atoms. The number of hydrogen-bond donors (Lipinski definition) is 1. The van der Waals surface area contributed by atoms with Crippen LogP contribution < -0.4 is 4.74 Å². The summed E-state index contributed by atoms with van der Waals surface area (Å²) in [7, 11) is 0. The molecule has 2 aromatic carbocycles. The number of nitrogens with one attached hydrogen (secondary N) is 1. The number of nitrogens with zero attached hydrogens (tertiary/aromatic N) is 4. The fourth-order valence-electron chi connectivity index (χ4n) is 2.88. The first-order valence-electron chi connectivity index (χ1n) is 9.03. The van der Waals surface area contributed by atoms with E-state index in [9.17, 15) is 13.2 Å². The highest BCUT2D eigenvalue weighted by Crippen LogP contribution is 2.31. The van der Waals surface area contributed by atoms with Gasteiger partial charge in [0, 0.05) is 11.1 Å². The molecule has 4 rings (SSSR count). The van der Waals surface area contributed by atoms with Gasteiger partial charge in [-0.3, -0.25) is 0 Å². The predicted octanol–water partition coefficient (Wildman–Crippen LogP) is 4.90. The molecule has 0 atom stereocenters. The number of nitriles is 1. The lowest BCUT2D eigenvalue weighted by Gasteiger charge is -2.06. The van der Waals surface area contributed by atoms with E-state index in [1.807, 2.05) is 6.07 Å². The van der Waals surface area contributed by atoms with Gasteiger partial charge in [0.15, 0.2) is 11.5 Å². The molecule has 2 aromatic heterocycles. The SMILES string of the molecule is Cc1nc(-c2ccc(C(F)(F)F)cc2)oc1COc1cccc(-c2n[nH]nc2C#N)c1. The molecule has 0 unspecified atom stereocenters. The first-order chi connectivity index (χ1) is 14.8. The molecule has 31 heavy (non-hydrogen) atoms. The van der Waals surface area contributed by atoms with Crippen molar-refractivity contribution in [1.82, 2.24) is 20.4 Å². The van der Waals surface area contributed by atoms with Crippen molar-refractivity contribution in [3.05, 3.63) is 71.2 Å². The third-order valence-corrected chi connectivity index (χ3v) is 4.48. The summed E-state index contributed by atoms with van der Waals surface area (Å²) >= 11 is 0. The van der Waals surface area contributed by atoms with E-state index in [4.69, 9.17) is 14.4 Å². The molecule has 0 radical (unpaired) electrons. The smallest absolute Gasteiger partial charge is 0.416 e. The van der Waals surface area contributed by atoms with Gasteiger partial charge in [0.1, 0.15) is 24.1 Å². The maximum Gasteiger partial charge on any atom is 0.416 e. The first-order valence-corrected chi connectivity index (χ1v) is 9.03. The molecule has 0 amide bonds. The zero-order chi connectivity index (χ0) is 22.0. The van der Waals surface area contributed by atoms with Crippen molar-refractivity contribution in [3.8, 4) is 34.5 Å². The maximum atomic E-state index is 12.7. The third kappa shape index (κ3) is 4.25. The molecule has 0 saturated carbocycles. The van der Waals surface area contributed by atoms with Gasteiger partial charge in [-0.25, -0.2) is 4.98 Å². The highest BCUT2D eigenvalue weighted by molar-refractivity contribution is 5.65. The number of hydrogen-bond acceptors (Lipinski definition) is 6. The second-order valence-corrected chi connectivity index (χ2v) is 6.55. The van der Waals surface area contributed by atoms with E-state index in [2.05, 4.69) is 20.4 Å². The second-order valence-electron chi connectivity index (χ2n) is 6.55. The topological polar surface area (TPSA) is 101 Å². The van der Waals surface area contributed by atoms with Gasteiger partial charge < -0.3 is 9.15 Å². The van der Waals surface area contributed by atoms with E-state index < -0.39 is 11.7 Å². The molecule has 2 heterocycles. The van der Waals surface area contributed by atoms with E-state index in [0.717, 1.165) is 12.1 Å². The lowest BCUT2D eigenvalue weighted by Crippen LogP contribution is -2.03. The number of H-pyrrole nitrogens is 1. The Morgan fingerprint density at radius 3 is 2.58 bits per heavy atom. The van der Waals surface area contributed by atoms with Crippen LogP contribution in [0, 0.1) is 18.3 Å². The number of aromatic nitrogens is 4. The molecule has 10 heteroatoms. The molecule has 0 aliphatic rings. The molecule has 0 bridgehead atoms. The molecule has 4 aromatic rings. The molecule has 0 saturated heterocycles. The highest BCUT2D eigenvalue weighted by Gasteiger charge is 2.30. The molecule has 1 N–H and O–H groups in total. The number of oxazole rings is 1. The Morgan fingerprint density at radius 2 is 1.87 bits per heavy atom. The van der Waals surface area contributed by atoms with Gasteiger partial charge in [-0.15, -0.1) is 5.10 Å². The summed E-state index contributed by atoms with van der Waals surface area (Å²) < 4.78 is 49.7. The van der Waals surface area contributed by atoms with Crippen LogP contribution in [0.25, 0.3) is 22.7 Å². The Bertz CT molecular complexity index is 1250. The van der Waals surface area contributed by atoms with E-state index in [0.29, 0.717) is 34.0 Å². The minimum Gasteiger partial charge on any atom is -0.486 e. The highest BCUT2D eigenvalue weighted by atomic mass is 19.4. The lowest BCUT2D eigenvalue weighted by molar-refractivity contribution is -0.137. The lowest BCUT2D eigenvalue weighted by atomic mass is 10.1. The van der Waals surface area contributed by atoms with E-state index in [1.54, 1.807) is 31.2 Å². The van der Waals surface area contributed by atoms with Crippen molar-refractivity contribution in [3.63, 3.8) is 0 Å². The number of aromatic amines is 1. The van der Waals surface area contributed by atoms with Crippen molar-refractivity contribution in [2.75, 3.05) is 0 Å². The third-order valence-electron chi connectivity index (χ3n) is 4.48. The van der Waals surface area contributed by atoms with Crippen LogP contribution >= 0.6 is 0 Å². The minimum absolute atomic E-state index is 0.0623. The zero-order valence-corrected chi connectivity index (χ0v) is 16.1. The van der Waals surface area contributed by atoms with E-state index in [1.165, 1.54) is 12.1 Å². The standard InChI is InChI=1S/C21H14F3N5O2/c1-12-18(31-20(26-12)13-5-7-15(8-6-13)21(22,23)24)11-30-16-4-2-3-14(9-16)19-17(10-25)27-29-28-19/h2-9H,11H2,1H3,(H,27,28,29). The monoisotopic (exact) mass is 425 g/mol. The van der Waals surface area contributed by atoms with Crippen molar-refractivity contribution in [2.45, 2.75) is 19.7 Å². The van der Waals surface area contributed by atoms with Crippen molar-refractivity contribution >= 4 is 0 Å². The van der Waals surface area contributed by atoms with Crippen LogP contribution in [0.3, 0.4) is 0 Å². The minimum atomic E-state index is -4.40. The molecule has 0 fully saturated rings. The molecule has 156 valence electrons. The number of benzene rings is 2. The Hall–Kier alpha value is -4.13. The number of rotatable bonds is 5. The second kappa shape index (κ2) is 7.95. The van der Waals surface area contributed by atoms with Crippen molar-refractivity contribution in [2.24, 2.45) is 0 Å². The first kappa shape index (κ1) is 20.2.